The van der Waals surface area contributed by atoms with Crippen molar-refractivity contribution in [2.75, 3.05) is 0 Å². The molecule has 0 atom stereocenters. The van der Waals surface area contributed by atoms with E-state index in [0.717, 1.165) is 50.0 Å². The van der Waals surface area contributed by atoms with E-state index in [0.29, 0.717) is 11.4 Å². The van der Waals surface area contributed by atoms with Crippen LogP contribution in [0.4, 0.5) is 0 Å². The molecule has 0 aliphatic rings. The van der Waals surface area contributed by atoms with Crippen molar-refractivity contribution >= 4 is 22.1 Å². The molecular formula is C46H30N2O. The van der Waals surface area contributed by atoms with Crippen LogP contribution < -0.4 is 0 Å². The van der Waals surface area contributed by atoms with E-state index in [2.05, 4.69) is 146 Å². The molecule has 0 fully saturated rings. The summed E-state index contributed by atoms with van der Waals surface area (Å²) in [5, 5.41) is 0.983. The monoisotopic (exact) mass is 626 g/mol. The van der Waals surface area contributed by atoms with Crippen LogP contribution >= 0.6 is 0 Å². The minimum absolute atomic E-state index is 0.668. The van der Waals surface area contributed by atoms with Gasteiger partial charge in [0.1, 0.15) is 16.8 Å². The number of hydrogen-bond donors (Lipinski definition) is 0. The first kappa shape index (κ1) is 28.6. The number of benzene rings is 7. The highest BCUT2D eigenvalue weighted by Gasteiger charge is 2.18. The van der Waals surface area contributed by atoms with Crippen molar-refractivity contribution in [2.45, 2.75) is 0 Å². The average molecular weight is 627 g/mol. The Bertz CT molecular complexity index is 2600. The summed E-state index contributed by atoms with van der Waals surface area (Å²) in [5.41, 5.74) is 14.5. The molecule has 9 aromatic rings. The van der Waals surface area contributed by atoms with Crippen LogP contribution in [-0.4, -0.2) is 9.97 Å². The van der Waals surface area contributed by atoms with Crippen LogP contribution in [0.3, 0.4) is 0 Å². The van der Waals surface area contributed by atoms with Crippen LogP contribution in [-0.2, 0) is 0 Å². The van der Waals surface area contributed by atoms with Gasteiger partial charge in [0.25, 0.3) is 0 Å². The Morgan fingerprint density at radius 1 is 0.327 bits per heavy atom. The third-order valence-corrected chi connectivity index (χ3v) is 9.08. The van der Waals surface area contributed by atoms with Crippen LogP contribution in [0.2, 0.25) is 0 Å². The predicted octanol–water partition coefficient (Wildman–Crippen LogP) is 12.4. The normalized spacial score (nSPS) is 11.3. The molecule has 0 saturated carbocycles. The SMILES string of the molecule is c1ccc(-c2cccc(-c3cccc(-c4cccc(-c5cccc(-c6nc(-c7ccccc7)c7oc8ccccc8c7n6)c5)c4)c3)c2)cc1. The minimum Gasteiger partial charge on any atom is -0.452 e. The highest BCUT2D eigenvalue weighted by atomic mass is 16.3. The minimum atomic E-state index is 0.668. The largest absolute Gasteiger partial charge is 0.452 e. The van der Waals surface area contributed by atoms with Gasteiger partial charge in [0, 0.05) is 16.5 Å². The summed E-state index contributed by atoms with van der Waals surface area (Å²) in [6, 6.07) is 63.6. The lowest BCUT2D eigenvalue weighted by atomic mass is 9.94. The van der Waals surface area contributed by atoms with Crippen molar-refractivity contribution in [3.8, 4) is 67.2 Å². The second kappa shape index (κ2) is 12.2. The highest BCUT2D eigenvalue weighted by Crippen LogP contribution is 2.37. The van der Waals surface area contributed by atoms with E-state index >= 15 is 0 Å². The Labute approximate surface area is 284 Å². The zero-order valence-electron chi connectivity index (χ0n) is 26.6. The summed E-state index contributed by atoms with van der Waals surface area (Å²) in [7, 11) is 0. The molecule has 0 N–H and O–H groups in total. The van der Waals surface area contributed by atoms with E-state index in [-0.39, 0.29) is 0 Å². The standard InChI is InChI=1S/C46H30N2O/c1-3-13-31(14-4-1)33-17-9-18-34(27-33)35-19-10-20-36(28-35)37-21-11-22-38(29-37)39-23-12-24-40(30-39)46-47-43(32-15-5-2-6-16-32)45-44(48-46)41-25-7-8-26-42(41)49-45/h1-30H. The van der Waals surface area contributed by atoms with Crippen LogP contribution in [0.5, 0.6) is 0 Å². The number of rotatable bonds is 6. The molecule has 2 aromatic heterocycles. The molecular weight excluding hydrogens is 597 g/mol. The first-order valence-electron chi connectivity index (χ1n) is 16.5. The van der Waals surface area contributed by atoms with Gasteiger partial charge in [-0.05, 0) is 80.9 Å². The van der Waals surface area contributed by atoms with Crippen molar-refractivity contribution < 1.29 is 4.42 Å². The lowest BCUT2D eigenvalue weighted by Crippen LogP contribution is -1.94. The fourth-order valence-electron chi connectivity index (χ4n) is 6.62. The number of nitrogens with zero attached hydrogens (tertiary/aromatic N) is 2. The lowest BCUT2D eigenvalue weighted by Gasteiger charge is -2.11. The van der Waals surface area contributed by atoms with Gasteiger partial charge < -0.3 is 4.42 Å². The maximum atomic E-state index is 6.31. The smallest absolute Gasteiger partial charge is 0.180 e. The molecule has 0 saturated heterocycles. The Morgan fingerprint density at radius 3 is 1.29 bits per heavy atom. The molecule has 2 heterocycles. The molecule has 3 nitrogen and oxygen atoms in total. The first-order chi connectivity index (χ1) is 24.3. The predicted molar refractivity (Wildman–Crippen MR) is 202 cm³/mol. The molecule has 0 amide bonds. The first-order valence-corrected chi connectivity index (χ1v) is 16.5. The van der Waals surface area contributed by atoms with Crippen LogP contribution in [0.1, 0.15) is 0 Å². The number of hydrogen-bond acceptors (Lipinski definition) is 3. The molecule has 3 heteroatoms. The Kier molecular flexibility index (Phi) is 7.14. The third-order valence-electron chi connectivity index (χ3n) is 9.08. The van der Waals surface area contributed by atoms with Gasteiger partial charge >= 0.3 is 0 Å². The molecule has 0 bridgehead atoms. The molecule has 0 unspecified atom stereocenters. The van der Waals surface area contributed by atoms with Crippen molar-refractivity contribution in [2.24, 2.45) is 0 Å². The fraction of sp³-hybridized carbons (Fsp3) is 0. The number of furan rings is 1. The van der Waals surface area contributed by atoms with Crippen LogP contribution in [0.25, 0.3) is 89.2 Å². The Morgan fingerprint density at radius 2 is 0.735 bits per heavy atom. The topological polar surface area (TPSA) is 38.9 Å². The van der Waals surface area contributed by atoms with E-state index in [9.17, 15) is 0 Å². The van der Waals surface area contributed by atoms with Gasteiger partial charge in [0.15, 0.2) is 11.4 Å². The maximum absolute atomic E-state index is 6.31. The van der Waals surface area contributed by atoms with Crippen LogP contribution in [0, 0.1) is 0 Å². The Balaban J connectivity index is 1.09. The van der Waals surface area contributed by atoms with E-state index in [1.165, 1.54) is 27.8 Å². The van der Waals surface area contributed by atoms with E-state index in [4.69, 9.17) is 14.4 Å². The van der Waals surface area contributed by atoms with Crippen molar-refractivity contribution in [1.29, 1.82) is 0 Å². The second-order valence-electron chi connectivity index (χ2n) is 12.2. The average Bonchev–Trinajstić information content (AvgIpc) is 3.57. The van der Waals surface area contributed by atoms with Gasteiger partial charge in [0.05, 0.1) is 0 Å². The molecule has 9 rings (SSSR count). The maximum Gasteiger partial charge on any atom is 0.180 e. The summed E-state index contributed by atoms with van der Waals surface area (Å²) < 4.78 is 6.31. The van der Waals surface area contributed by atoms with Crippen molar-refractivity contribution in [3.63, 3.8) is 0 Å². The van der Waals surface area contributed by atoms with Gasteiger partial charge in [-0.3, -0.25) is 0 Å². The zero-order chi connectivity index (χ0) is 32.6. The van der Waals surface area contributed by atoms with Gasteiger partial charge in [-0.2, -0.15) is 0 Å². The molecule has 7 aromatic carbocycles. The van der Waals surface area contributed by atoms with Crippen molar-refractivity contribution in [3.05, 3.63) is 182 Å². The fourth-order valence-corrected chi connectivity index (χ4v) is 6.62. The molecule has 49 heavy (non-hydrogen) atoms. The summed E-state index contributed by atoms with van der Waals surface area (Å²) in [6.07, 6.45) is 0. The van der Waals surface area contributed by atoms with Gasteiger partial charge in [-0.1, -0.05) is 146 Å². The lowest BCUT2D eigenvalue weighted by molar-refractivity contribution is 0.667. The Hall–Kier alpha value is -6.58. The molecule has 0 radical (unpaired) electrons. The summed E-state index contributed by atoms with van der Waals surface area (Å²) in [5.74, 6) is 0.668. The van der Waals surface area contributed by atoms with E-state index in [1.807, 2.05) is 36.4 Å². The number of fused-ring (bicyclic) bond motifs is 3. The molecule has 0 aliphatic carbocycles. The molecule has 0 aliphatic heterocycles. The third kappa shape index (κ3) is 5.48. The quantitative estimate of drug-likeness (QED) is 0.184. The molecule has 0 spiro atoms. The number of para-hydroxylation sites is 1. The zero-order valence-corrected chi connectivity index (χ0v) is 26.6. The molecule has 230 valence electrons. The van der Waals surface area contributed by atoms with E-state index in [1.54, 1.807) is 0 Å². The second-order valence-corrected chi connectivity index (χ2v) is 12.2. The van der Waals surface area contributed by atoms with Crippen molar-refractivity contribution in [1.82, 2.24) is 9.97 Å². The van der Waals surface area contributed by atoms with Crippen LogP contribution in [0.15, 0.2) is 186 Å². The summed E-state index contributed by atoms with van der Waals surface area (Å²) in [6.45, 7) is 0. The van der Waals surface area contributed by atoms with Gasteiger partial charge in [0.2, 0.25) is 0 Å². The van der Waals surface area contributed by atoms with E-state index < -0.39 is 0 Å². The van der Waals surface area contributed by atoms with Gasteiger partial charge in [-0.15, -0.1) is 0 Å². The summed E-state index contributed by atoms with van der Waals surface area (Å²) >= 11 is 0. The summed E-state index contributed by atoms with van der Waals surface area (Å²) in [4.78, 5) is 10.2. The number of aromatic nitrogens is 2. The highest BCUT2D eigenvalue weighted by molar-refractivity contribution is 6.07. The van der Waals surface area contributed by atoms with Gasteiger partial charge in [-0.25, -0.2) is 9.97 Å².